The lowest BCUT2D eigenvalue weighted by molar-refractivity contribution is -0.684. The molecule has 0 bridgehead atoms. The summed E-state index contributed by atoms with van der Waals surface area (Å²) in [7, 11) is 0. The molecule has 1 aromatic heterocycles. The van der Waals surface area contributed by atoms with Crippen molar-refractivity contribution in [2.24, 2.45) is 0 Å². The summed E-state index contributed by atoms with van der Waals surface area (Å²) in [6, 6.07) is 14.7. The highest BCUT2D eigenvalue weighted by Crippen LogP contribution is 2.18. The van der Waals surface area contributed by atoms with E-state index in [2.05, 4.69) is 23.5 Å². The maximum Gasteiger partial charge on any atom is 0.286 e. The van der Waals surface area contributed by atoms with E-state index in [1.54, 1.807) is 0 Å². The van der Waals surface area contributed by atoms with Gasteiger partial charge in [0, 0.05) is 17.7 Å². The molecule has 1 aromatic carbocycles. The third-order valence-corrected chi connectivity index (χ3v) is 3.23. The van der Waals surface area contributed by atoms with Crippen molar-refractivity contribution in [2.45, 2.75) is 25.4 Å². The number of benzene rings is 1. The molecule has 3 nitrogen and oxygen atoms in total. The zero-order chi connectivity index (χ0) is 13.1. The first-order valence-corrected chi connectivity index (χ1v) is 6.65. The summed E-state index contributed by atoms with van der Waals surface area (Å²) in [4.78, 5) is 11.8. The van der Waals surface area contributed by atoms with Crippen molar-refractivity contribution in [3.63, 3.8) is 0 Å². The number of carbonyl (C=O) groups excluding carboxylic acids is 1. The van der Waals surface area contributed by atoms with Crippen LogP contribution in [0.4, 0.5) is 0 Å². The molecule has 1 saturated carbocycles. The van der Waals surface area contributed by atoms with Gasteiger partial charge in [0.15, 0.2) is 12.4 Å². The van der Waals surface area contributed by atoms with Gasteiger partial charge in [0.1, 0.15) is 0 Å². The van der Waals surface area contributed by atoms with E-state index >= 15 is 0 Å². The molecular weight excluding hydrogens is 236 g/mol. The average Bonchev–Trinajstić information content (AvgIpc) is 3.24. The predicted molar refractivity (Wildman–Crippen MR) is 73.2 cm³/mol. The Kier molecular flexibility index (Phi) is 3.27. The highest BCUT2D eigenvalue weighted by molar-refractivity contribution is 5.75. The van der Waals surface area contributed by atoms with Gasteiger partial charge in [-0.2, -0.15) is 4.57 Å². The summed E-state index contributed by atoms with van der Waals surface area (Å²) < 4.78 is 1.93. The molecule has 19 heavy (non-hydrogen) atoms. The predicted octanol–water partition coefficient (Wildman–Crippen LogP) is 1.92. The second kappa shape index (κ2) is 5.22. The number of nitrogens with zero attached hydrogens (tertiary/aromatic N) is 1. The maximum absolute atomic E-state index is 11.8. The van der Waals surface area contributed by atoms with Gasteiger partial charge in [0.05, 0.1) is 0 Å². The van der Waals surface area contributed by atoms with Gasteiger partial charge >= 0.3 is 0 Å². The number of pyridine rings is 1. The van der Waals surface area contributed by atoms with Gasteiger partial charge in [-0.1, -0.05) is 30.3 Å². The number of nitrogens with one attached hydrogen (secondary N) is 1. The number of hydrogen-bond donors (Lipinski definition) is 1. The molecule has 0 radical (unpaired) electrons. The van der Waals surface area contributed by atoms with Crippen LogP contribution in [-0.4, -0.2) is 11.9 Å². The van der Waals surface area contributed by atoms with E-state index < -0.39 is 0 Å². The van der Waals surface area contributed by atoms with Crippen LogP contribution < -0.4 is 9.88 Å². The zero-order valence-corrected chi connectivity index (χ0v) is 10.8. The summed E-state index contributed by atoms with van der Waals surface area (Å²) >= 11 is 0. The molecule has 3 rings (SSSR count). The lowest BCUT2D eigenvalue weighted by Crippen LogP contribution is -2.43. The molecule has 1 heterocycles. The Morgan fingerprint density at radius 2 is 1.84 bits per heavy atom. The largest absolute Gasteiger partial charge is 0.348 e. The number of aromatic nitrogens is 1. The monoisotopic (exact) mass is 253 g/mol. The number of carbonyl (C=O) groups is 1. The number of amides is 1. The minimum Gasteiger partial charge on any atom is -0.348 e. The van der Waals surface area contributed by atoms with E-state index in [9.17, 15) is 4.79 Å². The zero-order valence-electron chi connectivity index (χ0n) is 10.8. The molecule has 1 aliphatic rings. The Morgan fingerprint density at radius 1 is 1.11 bits per heavy atom. The summed E-state index contributed by atoms with van der Waals surface area (Å²) in [6.45, 7) is 0.386. The normalized spacial score (nSPS) is 14.1. The van der Waals surface area contributed by atoms with Gasteiger partial charge in [-0.25, -0.2) is 0 Å². The molecule has 0 spiro atoms. The molecule has 1 aliphatic carbocycles. The Bertz CT molecular complexity index is 576. The van der Waals surface area contributed by atoms with Crippen LogP contribution in [0.15, 0.2) is 54.9 Å². The standard InChI is InChI=1S/C16H16N2O/c19-16(17-15-8-9-15)12-18-10-4-7-14(11-18)13-5-2-1-3-6-13/h1-7,10-11,15H,8-9,12H2/p+1. The van der Waals surface area contributed by atoms with Crippen molar-refractivity contribution in [3.05, 3.63) is 54.9 Å². The molecule has 2 aromatic rings. The van der Waals surface area contributed by atoms with Crippen LogP contribution in [0, 0.1) is 0 Å². The highest BCUT2D eigenvalue weighted by Gasteiger charge is 2.24. The van der Waals surface area contributed by atoms with E-state index in [0.29, 0.717) is 12.6 Å². The SMILES string of the molecule is O=C(C[n+]1cccc(-c2ccccc2)c1)NC1CC1. The minimum absolute atomic E-state index is 0.0951. The van der Waals surface area contributed by atoms with Crippen LogP contribution in [0.3, 0.4) is 0 Å². The van der Waals surface area contributed by atoms with E-state index in [1.165, 1.54) is 5.56 Å². The van der Waals surface area contributed by atoms with Crippen molar-refractivity contribution < 1.29 is 9.36 Å². The van der Waals surface area contributed by atoms with Crippen LogP contribution in [0.2, 0.25) is 0 Å². The molecular formula is C16H17N2O+. The van der Waals surface area contributed by atoms with Gasteiger partial charge in [0.25, 0.3) is 5.91 Å². The fourth-order valence-electron chi connectivity index (χ4n) is 2.09. The molecule has 1 amide bonds. The average molecular weight is 253 g/mol. The summed E-state index contributed by atoms with van der Waals surface area (Å²) in [6.07, 6.45) is 6.20. The molecule has 0 aliphatic heterocycles. The van der Waals surface area contributed by atoms with Gasteiger partial charge < -0.3 is 5.32 Å². The maximum atomic E-state index is 11.8. The van der Waals surface area contributed by atoms with Crippen molar-refractivity contribution >= 4 is 5.91 Å². The van der Waals surface area contributed by atoms with Crippen molar-refractivity contribution in [2.75, 3.05) is 0 Å². The third-order valence-electron chi connectivity index (χ3n) is 3.23. The Labute approximate surface area is 112 Å². The fourth-order valence-corrected chi connectivity index (χ4v) is 2.09. The summed E-state index contributed by atoms with van der Waals surface area (Å²) in [5.74, 6) is 0.0951. The third kappa shape index (κ3) is 3.19. The molecule has 1 N–H and O–H groups in total. The van der Waals surface area contributed by atoms with E-state index in [-0.39, 0.29) is 5.91 Å². The van der Waals surface area contributed by atoms with E-state index in [0.717, 1.165) is 18.4 Å². The lowest BCUT2D eigenvalue weighted by atomic mass is 10.1. The highest BCUT2D eigenvalue weighted by atomic mass is 16.2. The van der Waals surface area contributed by atoms with Crippen LogP contribution >= 0.6 is 0 Å². The number of rotatable bonds is 4. The Balaban J connectivity index is 1.74. The van der Waals surface area contributed by atoms with Gasteiger partial charge in [0.2, 0.25) is 6.54 Å². The van der Waals surface area contributed by atoms with Crippen molar-refractivity contribution in [3.8, 4) is 11.1 Å². The van der Waals surface area contributed by atoms with Crippen LogP contribution in [0.5, 0.6) is 0 Å². The quantitative estimate of drug-likeness (QED) is 0.830. The van der Waals surface area contributed by atoms with Gasteiger partial charge in [-0.15, -0.1) is 0 Å². The van der Waals surface area contributed by atoms with Crippen LogP contribution in [-0.2, 0) is 11.3 Å². The molecule has 0 saturated heterocycles. The first-order valence-electron chi connectivity index (χ1n) is 6.65. The van der Waals surface area contributed by atoms with E-state index in [4.69, 9.17) is 0 Å². The first kappa shape index (κ1) is 11.9. The minimum atomic E-state index is 0.0951. The molecule has 3 heteroatoms. The van der Waals surface area contributed by atoms with Gasteiger partial charge in [-0.05, 0) is 24.5 Å². The number of hydrogen-bond acceptors (Lipinski definition) is 1. The molecule has 96 valence electrons. The summed E-state index contributed by atoms with van der Waals surface area (Å²) in [5, 5.41) is 3.00. The fraction of sp³-hybridized carbons (Fsp3) is 0.250. The van der Waals surface area contributed by atoms with Gasteiger partial charge in [-0.3, -0.25) is 4.79 Å². The molecule has 0 unspecified atom stereocenters. The molecule has 0 atom stereocenters. The van der Waals surface area contributed by atoms with Crippen LogP contribution in [0.1, 0.15) is 12.8 Å². The first-order chi connectivity index (χ1) is 9.31. The molecule has 1 fully saturated rings. The Morgan fingerprint density at radius 3 is 2.58 bits per heavy atom. The Hall–Kier alpha value is -2.16. The van der Waals surface area contributed by atoms with E-state index in [1.807, 2.05) is 41.2 Å². The second-order valence-corrected chi connectivity index (χ2v) is 4.97. The van der Waals surface area contributed by atoms with Crippen molar-refractivity contribution in [1.82, 2.24) is 5.32 Å². The summed E-state index contributed by atoms with van der Waals surface area (Å²) in [5.41, 5.74) is 2.29. The van der Waals surface area contributed by atoms with Crippen molar-refractivity contribution in [1.29, 1.82) is 0 Å². The lowest BCUT2D eigenvalue weighted by Gasteiger charge is -2.02. The topological polar surface area (TPSA) is 33.0 Å². The second-order valence-electron chi connectivity index (χ2n) is 4.97. The van der Waals surface area contributed by atoms with Crippen LogP contribution in [0.25, 0.3) is 11.1 Å². The smallest absolute Gasteiger partial charge is 0.286 e.